The molecule has 4 N–H and O–H groups in total. The van der Waals surface area contributed by atoms with Crippen LogP contribution in [-0.2, 0) is 0 Å². The quantitative estimate of drug-likeness (QED) is 0.302. The molecule has 4 rings (SSSR count). The average molecular weight is 302 g/mol. The Morgan fingerprint density at radius 3 is 2.65 bits per heavy atom. The molecule has 4 aromatic rings. The number of hydrogen-bond donors (Lipinski definition) is 3. The number of nitrogen functional groups attached to an aromatic ring is 1. The highest BCUT2D eigenvalue weighted by molar-refractivity contribution is 5.97. The Balaban J connectivity index is 1.82. The first-order valence-electron chi connectivity index (χ1n) is 7.24. The predicted molar refractivity (Wildman–Crippen MR) is 90.7 cm³/mol. The van der Waals surface area contributed by atoms with Crippen LogP contribution in [0.3, 0.4) is 0 Å². The molecule has 112 valence electrons. The molecule has 3 aromatic carbocycles. The molecule has 0 saturated carbocycles. The van der Waals surface area contributed by atoms with Crippen molar-refractivity contribution in [3.05, 3.63) is 66.2 Å². The minimum absolute atomic E-state index is 0.325. The van der Waals surface area contributed by atoms with E-state index in [2.05, 4.69) is 39.7 Å². The van der Waals surface area contributed by atoms with Gasteiger partial charge in [-0.15, -0.1) is 0 Å². The zero-order chi connectivity index (χ0) is 15.8. The average Bonchev–Trinajstić information content (AvgIpc) is 3.03. The molecule has 0 spiro atoms. The number of nitrogens with zero attached hydrogens (tertiary/aromatic N) is 1. The number of amides is 1. The zero-order valence-electron chi connectivity index (χ0n) is 12.2. The fourth-order valence-electron chi connectivity index (χ4n) is 2.71. The van der Waals surface area contributed by atoms with Gasteiger partial charge in [-0.3, -0.25) is 10.2 Å². The molecule has 0 saturated heterocycles. The fraction of sp³-hybridized carbons (Fsp3) is 0. The Labute approximate surface area is 132 Å². The number of carbonyl (C=O) groups excluding carboxylic acids is 1. The normalized spacial score (nSPS) is 11.0. The number of hydrazine groups is 1. The van der Waals surface area contributed by atoms with Gasteiger partial charge in [0.2, 0.25) is 0 Å². The molecule has 0 unspecified atom stereocenters. The molecule has 1 amide bonds. The van der Waals surface area contributed by atoms with Gasteiger partial charge in [-0.25, -0.2) is 10.8 Å². The summed E-state index contributed by atoms with van der Waals surface area (Å²) in [5, 5.41) is 2.35. The second kappa shape index (κ2) is 5.23. The molecule has 0 aliphatic rings. The number of fused-ring (bicyclic) bond motifs is 2. The van der Waals surface area contributed by atoms with Gasteiger partial charge in [-0.05, 0) is 35.0 Å². The summed E-state index contributed by atoms with van der Waals surface area (Å²) in [6, 6.07) is 19.7. The van der Waals surface area contributed by atoms with Gasteiger partial charge in [0.1, 0.15) is 5.82 Å². The maximum Gasteiger partial charge on any atom is 0.265 e. The van der Waals surface area contributed by atoms with Crippen molar-refractivity contribution in [1.29, 1.82) is 0 Å². The Morgan fingerprint density at radius 2 is 1.83 bits per heavy atom. The maximum atomic E-state index is 11.6. The lowest BCUT2D eigenvalue weighted by atomic mass is 10.1. The van der Waals surface area contributed by atoms with Gasteiger partial charge >= 0.3 is 0 Å². The van der Waals surface area contributed by atoms with Crippen molar-refractivity contribution in [2.24, 2.45) is 5.84 Å². The van der Waals surface area contributed by atoms with E-state index in [1.54, 1.807) is 18.2 Å². The third kappa shape index (κ3) is 2.33. The topological polar surface area (TPSA) is 83.8 Å². The van der Waals surface area contributed by atoms with Crippen molar-refractivity contribution in [2.75, 3.05) is 0 Å². The van der Waals surface area contributed by atoms with Crippen molar-refractivity contribution in [3.63, 3.8) is 0 Å². The number of H-pyrrole nitrogens is 1. The largest absolute Gasteiger partial charge is 0.338 e. The molecule has 5 heteroatoms. The molecule has 23 heavy (non-hydrogen) atoms. The molecule has 5 nitrogen and oxygen atoms in total. The minimum atomic E-state index is -0.325. The summed E-state index contributed by atoms with van der Waals surface area (Å²) in [4.78, 5) is 19.5. The monoisotopic (exact) mass is 302 g/mol. The van der Waals surface area contributed by atoms with E-state index in [0.717, 1.165) is 27.8 Å². The van der Waals surface area contributed by atoms with Crippen LogP contribution in [-0.4, -0.2) is 15.9 Å². The number of aromatic nitrogens is 2. The highest BCUT2D eigenvalue weighted by Gasteiger charge is 2.09. The number of hydrogen-bond acceptors (Lipinski definition) is 3. The van der Waals surface area contributed by atoms with E-state index in [1.807, 2.05) is 18.2 Å². The first-order valence-corrected chi connectivity index (χ1v) is 7.24. The van der Waals surface area contributed by atoms with E-state index in [-0.39, 0.29) is 5.91 Å². The van der Waals surface area contributed by atoms with Crippen LogP contribution in [0.25, 0.3) is 33.2 Å². The lowest BCUT2D eigenvalue weighted by Crippen LogP contribution is -2.29. The summed E-state index contributed by atoms with van der Waals surface area (Å²) in [6.07, 6.45) is 0. The molecule has 0 aliphatic heterocycles. The number of nitrogens with one attached hydrogen (secondary N) is 2. The summed E-state index contributed by atoms with van der Waals surface area (Å²) < 4.78 is 0. The number of rotatable bonds is 2. The van der Waals surface area contributed by atoms with Gasteiger partial charge in [0, 0.05) is 11.1 Å². The molecule has 0 fully saturated rings. The van der Waals surface area contributed by atoms with Crippen LogP contribution < -0.4 is 11.3 Å². The van der Waals surface area contributed by atoms with Crippen LogP contribution in [0.5, 0.6) is 0 Å². The van der Waals surface area contributed by atoms with Crippen molar-refractivity contribution >= 4 is 27.7 Å². The van der Waals surface area contributed by atoms with E-state index < -0.39 is 0 Å². The van der Waals surface area contributed by atoms with Crippen LogP contribution in [0.4, 0.5) is 0 Å². The van der Waals surface area contributed by atoms with Crippen LogP contribution in [0.2, 0.25) is 0 Å². The summed E-state index contributed by atoms with van der Waals surface area (Å²) in [5.41, 5.74) is 5.24. The van der Waals surface area contributed by atoms with E-state index in [0.29, 0.717) is 5.56 Å². The van der Waals surface area contributed by atoms with Crippen LogP contribution >= 0.6 is 0 Å². The summed E-state index contributed by atoms with van der Waals surface area (Å²) in [5.74, 6) is 5.62. The van der Waals surface area contributed by atoms with Gasteiger partial charge in [-0.1, -0.05) is 36.4 Å². The molecule has 1 aromatic heterocycles. The zero-order valence-corrected chi connectivity index (χ0v) is 12.2. The SMILES string of the molecule is NNC(=O)c1ccc2nc(-c3ccc4ccccc4c3)[nH]c2c1. The Morgan fingerprint density at radius 1 is 1.00 bits per heavy atom. The fourth-order valence-corrected chi connectivity index (χ4v) is 2.71. The van der Waals surface area contributed by atoms with Crippen LogP contribution in [0.15, 0.2) is 60.7 Å². The second-order valence-corrected chi connectivity index (χ2v) is 5.35. The number of carbonyl (C=O) groups is 1. The molecule has 0 bridgehead atoms. The third-order valence-electron chi connectivity index (χ3n) is 3.90. The van der Waals surface area contributed by atoms with Gasteiger partial charge < -0.3 is 4.98 Å². The number of imidazole rings is 1. The van der Waals surface area contributed by atoms with E-state index in [4.69, 9.17) is 5.84 Å². The molecule has 0 aliphatic carbocycles. The van der Waals surface area contributed by atoms with E-state index in [1.165, 1.54) is 5.39 Å². The van der Waals surface area contributed by atoms with Crippen molar-refractivity contribution < 1.29 is 4.79 Å². The first kappa shape index (κ1) is 13.5. The minimum Gasteiger partial charge on any atom is -0.338 e. The number of aromatic amines is 1. The number of benzene rings is 3. The highest BCUT2D eigenvalue weighted by Crippen LogP contribution is 2.25. The van der Waals surface area contributed by atoms with Gasteiger partial charge in [0.05, 0.1) is 11.0 Å². The Bertz CT molecular complexity index is 1040. The van der Waals surface area contributed by atoms with Crippen molar-refractivity contribution in [1.82, 2.24) is 15.4 Å². The van der Waals surface area contributed by atoms with Crippen molar-refractivity contribution in [2.45, 2.75) is 0 Å². The van der Waals surface area contributed by atoms with Gasteiger partial charge in [0.15, 0.2) is 0 Å². The van der Waals surface area contributed by atoms with Gasteiger partial charge in [0.25, 0.3) is 5.91 Å². The molecule has 0 atom stereocenters. The smallest absolute Gasteiger partial charge is 0.265 e. The molecule has 1 heterocycles. The standard InChI is InChI=1S/C18H14N4O/c19-22-18(23)14-7-8-15-16(10-14)21-17(20-15)13-6-5-11-3-1-2-4-12(11)9-13/h1-10H,19H2,(H,20,21)(H,22,23). The second-order valence-electron chi connectivity index (χ2n) is 5.35. The van der Waals surface area contributed by atoms with Crippen molar-refractivity contribution in [3.8, 4) is 11.4 Å². The first-order chi connectivity index (χ1) is 11.2. The predicted octanol–water partition coefficient (Wildman–Crippen LogP) is 2.99. The van der Waals surface area contributed by atoms with Gasteiger partial charge in [-0.2, -0.15) is 0 Å². The van der Waals surface area contributed by atoms with Crippen LogP contribution in [0, 0.1) is 0 Å². The van der Waals surface area contributed by atoms with Crippen LogP contribution in [0.1, 0.15) is 10.4 Å². The highest BCUT2D eigenvalue weighted by atomic mass is 16.2. The molecule has 0 radical (unpaired) electrons. The summed E-state index contributed by atoms with van der Waals surface area (Å²) in [7, 11) is 0. The lowest BCUT2D eigenvalue weighted by molar-refractivity contribution is 0.0954. The summed E-state index contributed by atoms with van der Waals surface area (Å²) in [6.45, 7) is 0. The molecular formula is C18H14N4O. The summed E-state index contributed by atoms with van der Waals surface area (Å²) >= 11 is 0. The number of nitrogens with two attached hydrogens (primary N) is 1. The molecular weight excluding hydrogens is 288 g/mol. The van der Waals surface area contributed by atoms with E-state index in [9.17, 15) is 4.79 Å². The third-order valence-corrected chi connectivity index (χ3v) is 3.90. The van der Waals surface area contributed by atoms with E-state index >= 15 is 0 Å². The lowest BCUT2D eigenvalue weighted by Gasteiger charge is -2.00. The Kier molecular flexibility index (Phi) is 3.06. The maximum absolute atomic E-state index is 11.6. The Hall–Kier alpha value is -3.18.